The van der Waals surface area contributed by atoms with Crippen molar-refractivity contribution in [2.75, 3.05) is 13.2 Å². The first kappa shape index (κ1) is 12.2. The van der Waals surface area contributed by atoms with Gasteiger partial charge in [0.05, 0.1) is 0 Å². The van der Waals surface area contributed by atoms with E-state index >= 15 is 0 Å². The molecule has 1 saturated heterocycles. The molecule has 1 unspecified atom stereocenters. The summed E-state index contributed by atoms with van der Waals surface area (Å²) in [5.41, 5.74) is 0. The fourth-order valence-electron chi connectivity index (χ4n) is 1.49. The molecule has 1 aliphatic heterocycles. The zero-order valence-corrected chi connectivity index (χ0v) is 9.04. The summed E-state index contributed by atoms with van der Waals surface area (Å²) in [6.07, 6.45) is 6.75. The molecule has 84 valence electrons. The number of hydrogen-bond donors (Lipinski definition) is 0. The molecule has 0 radical (unpaired) electrons. The highest BCUT2D eigenvalue weighted by Gasteiger charge is 2.12. The van der Waals surface area contributed by atoms with Crippen LogP contribution < -0.4 is 0 Å². The molecule has 0 bridgehead atoms. The van der Waals surface area contributed by atoms with Crippen molar-refractivity contribution in [2.45, 2.75) is 44.8 Å². The monoisotopic (exact) mass is 210 g/mol. The minimum absolute atomic E-state index is 0.0137. The molecule has 0 aliphatic carbocycles. The van der Waals surface area contributed by atoms with Crippen LogP contribution in [0.3, 0.4) is 0 Å². The molecule has 3 heteroatoms. The maximum Gasteiger partial charge on any atom is 0.192 e. The van der Waals surface area contributed by atoms with Gasteiger partial charge in [-0.15, -0.1) is 0 Å². The van der Waals surface area contributed by atoms with Crippen molar-refractivity contribution >= 4 is 6.29 Å². The number of unbranched alkanes of at least 4 members (excludes halogenated alkanes) is 2. The maximum atomic E-state index is 9.89. The van der Waals surface area contributed by atoms with Crippen molar-refractivity contribution in [1.29, 1.82) is 0 Å². The third-order valence-electron chi connectivity index (χ3n) is 2.30. The summed E-state index contributed by atoms with van der Waals surface area (Å²) in [5, 5.41) is 0. The molecule has 15 heavy (non-hydrogen) atoms. The maximum absolute atomic E-state index is 9.89. The smallest absolute Gasteiger partial charge is 0.192 e. The van der Waals surface area contributed by atoms with E-state index in [2.05, 4.69) is 11.8 Å². The molecule has 1 fully saturated rings. The highest BCUT2D eigenvalue weighted by Crippen LogP contribution is 2.13. The van der Waals surface area contributed by atoms with Gasteiger partial charge in [0.25, 0.3) is 0 Å². The predicted molar refractivity (Wildman–Crippen MR) is 57.2 cm³/mol. The molecule has 0 N–H and O–H groups in total. The molecule has 0 aromatic heterocycles. The Morgan fingerprint density at radius 2 is 2.33 bits per heavy atom. The van der Waals surface area contributed by atoms with Gasteiger partial charge in [-0.2, -0.15) is 0 Å². The Morgan fingerprint density at radius 1 is 1.40 bits per heavy atom. The molecule has 0 aromatic carbocycles. The summed E-state index contributed by atoms with van der Waals surface area (Å²) in [7, 11) is 0. The van der Waals surface area contributed by atoms with E-state index in [0.29, 0.717) is 6.29 Å². The van der Waals surface area contributed by atoms with E-state index in [1.165, 1.54) is 6.42 Å². The first-order chi connectivity index (χ1) is 7.43. The van der Waals surface area contributed by atoms with Crippen molar-refractivity contribution in [1.82, 2.24) is 0 Å². The summed E-state index contributed by atoms with van der Waals surface area (Å²) in [6.45, 7) is 1.56. The van der Waals surface area contributed by atoms with Crippen LogP contribution in [0, 0.1) is 11.8 Å². The largest absolute Gasteiger partial charge is 0.353 e. The summed E-state index contributed by atoms with van der Waals surface area (Å²) >= 11 is 0. The molecule has 1 heterocycles. The minimum atomic E-state index is 0.0137. The Labute approximate surface area is 91.1 Å². The van der Waals surface area contributed by atoms with Gasteiger partial charge in [-0.25, -0.2) is 0 Å². The van der Waals surface area contributed by atoms with Crippen LogP contribution >= 0.6 is 0 Å². The summed E-state index contributed by atoms with van der Waals surface area (Å²) in [6, 6.07) is 0. The van der Waals surface area contributed by atoms with Crippen LogP contribution in [0.25, 0.3) is 0 Å². The first-order valence-electron chi connectivity index (χ1n) is 5.58. The molecule has 1 rings (SSSR count). The van der Waals surface area contributed by atoms with Crippen molar-refractivity contribution in [3.8, 4) is 11.8 Å². The van der Waals surface area contributed by atoms with E-state index in [1.807, 2.05) is 0 Å². The molecule has 1 atom stereocenters. The van der Waals surface area contributed by atoms with Crippen LogP contribution in [-0.2, 0) is 14.3 Å². The van der Waals surface area contributed by atoms with Crippen LogP contribution in [0.1, 0.15) is 38.5 Å². The van der Waals surface area contributed by atoms with E-state index in [4.69, 9.17) is 9.47 Å². The van der Waals surface area contributed by atoms with E-state index in [0.717, 1.165) is 45.3 Å². The fourth-order valence-corrected chi connectivity index (χ4v) is 1.49. The van der Waals surface area contributed by atoms with Crippen LogP contribution in [-0.4, -0.2) is 25.8 Å². The van der Waals surface area contributed by atoms with Crippen molar-refractivity contribution in [2.24, 2.45) is 0 Å². The average Bonchev–Trinajstić information content (AvgIpc) is 2.29. The van der Waals surface area contributed by atoms with Crippen molar-refractivity contribution in [3.05, 3.63) is 0 Å². The second-order valence-corrected chi connectivity index (χ2v) is 3.56. The van der Waals surface area contributed by atoms with Crippen LogP contribution in [0.5, 0.6) is 0 Å². The Bertz CT molecular complexity index is 221. The minimum Gasteiger partial charge on any atom is -0.353 e. The van der Waals surface area contributed by atoms with E-state index in [-0.39, 0.29) is 6.29 Å². The van der Waals surface area contributed by atoms with E-state index in [1.54, 1.807) is 0 Å². The Morgan fingerprint density at radius 3 is 3.07 bits per heavy atom. The van der Waals surface area contributed by atoms with E-state index in [9.17, 15) is 4.79 Å². The van der Waals surface area contributed by atoms with Gasteiger partial charge in [0.15, 0.2) is 12.6 Å². The summed E-state index contributed by atoms with van der Waals surface area (Å²) in [5.74, 6) is 5.16. The predicted octanol–water partition coefficient (Wildman–Crippen LogP) is 1.90. The van der Waals surface area contributed by atoms with Crippen LogP contribution in [0.2, 0.25) is 0 Å². The molecular formula is C12H18O3. The Hall–Kier alpha value is -0.850. The first-order valence-corrected chi connectivity index (χ1v) is 5.58. The second-order valence-electron chi connectivity index (χ2n) is 3.56. The molecule has 0 saturated carbocycles. The summed E-state index contributed by atoms with van der Waals surface area (Å²) in [4.78, 5) is 9.89. The van der Waals surface area contributed by atoms with Crippen molar-refractivity contribution in [3.63, 3.8) is 0 Å². The number of hydrogen-bond acceptors (Lipinski definition) is 3. The number of carbonyl (C=O) groups is 1. The van der Waals surface area contributed by atoms with Crippen LogP contribution in [0.15, 0.2) is 0 Å². The lowest BCUT2D eigenvalue weighted by Crippen LogP contribution is -2.22. The topological polar surface area (TPSA) is 35.5 Å². The van der Waals surface area contributed by atoms with Crippen molar-refractivity contribution < 1.29 is 14.3 Å². The molecule has 0 amide bonds. The summed E-state index contributed by atoms with van der Waals surface area (Å²) < 4.78 is 11.0. The molecule has 0 spiro atoms. The Balaban J connectivity index is 1.89. The van der Waals surface area contributed by atoms with Crippen LogP contribution in [0.4, 0.5) is 0 Å². The normalized spacial score (nSPS) is 20.4. The fraction of sp³-hybridized carbons (Fsp3) is 0.750. The lowest BCUT2D eigenvalue weighted by Gasteiger charge is -2.22. The van der Waals surface area contributed by atoms with Gasteiger partial charge in [0.1, 0.15) is 0 Å². The van der Waals surface area contributed by atoms with E-state index < -0.39 is 0 Å². The van der Waals surface area contributed by atoms with Gasteiger partial charge in [0, 0.05) is 19.6 Å². The van der Waals surface area contributed by atoms with Gasteiger partial charge in [0.2, 0.25) is 0 Å². The zero-order chi connectivity index (χ0) is 10.8. The van der Waals surface area contributed by atoms with Gasteiger partial charge in [-0.05, 0) is 38.0 Å². The van der Waals surface area contributed by atoms with Gasteiger partial charge in [-0.3, -0.25) is 4.79 Å². The number of rotatable bonds is 5. The van der Waals surface area contributed by atoms with Gasteiger partial charge < -0.3 is 9.47 Å². The highest BCUT2D eigenvalue weighted by atomic mass is 16.7. The standard InChI is InChI=1S/C12H18O3/c13-9-5-2-1-3-6-10-14-12-8-4-7-11-15-12/h9,12H,1,3-4,6-8,10-11H2. The highest BCUT2D eigenvalue weighted by molar-refractivity contribution is 5.72. The quantitative estimate of drug-likeness (QED) is 0.395. The number of aldehydes is 1. The third kappa shape index (κ3) is 6.27. The molecular weight excluding hydrogens is 192 g/mol. The second kappa shape index (κ2) is 8.46. The average molecular weight is 210 g/mol. The third-order valence-corrected chi connectivity index (χ3v) is 2.30. The number of carbonyl (C=O) groups excluding carboxylic acids is 1. The lowest BCUT2D eigenvalue weighted by molar-refractivity contribution is -0.162. The molecule has 0 aromatic rings. The zero-order valence-electron chi connectivity index (χ0n) is 9.04. The Kier molecular flexibility index (Phi) is 6.89. The lowest BCUT2D eigenvalue weighted by atomic mass is 10.2. The molecule has 1 aliphatic rings. The molecule has 3 nitrogen and oxygen atoms in total. The van der Waals surface area contributed by atoms with Gasteiger partial charge in [-0.1, -0.05) is 5.92 Å². The SMILES string of the molecule is O=CC#CCCCCOC1CCCCO1. The number of ether oxygens (including phenoxy) is 2. The van der Waals surface area contributed by atoms with Gasteiger partial charge >= 0.3 is 0 Å².